The van der Waals surface area contributed by atoms with Crippen molar-refractivity contribution in [3.8, 4) is 0 Å². The molecule has 7 heteroatoms. The van der Waals surface area contributed by atoms with E-state index >= 15 is 0 Å². The molecule has 1 atom stereocenters. The minimum Gasteiger partial charge on any atom is -0.325 e. The van der Waals surface area contributed by atoms with Crippen molar-refractivity contribution in [1.82, 2.24) is 4.72 Å². The Labute approximate surface area is 160 Å². The van der Waals surface area contributed by atoms with E-state index in [1.807, 2.05) is 24.3 Å². The van der Waals surface area contributed by atoms with Crippen molar-refractivity contribution >= 4 is 48.3 Å². The molecule has 2 N–H and O–H groups in total. The number of hydrogen-bond acceptors (Lipinski definition) is 3. The molecule has 0 radical (unpaired) electrons. The van der Waals surface area contributed by atoms with Crippen molar-refractivity contribution in [1.29, 1.82) is 0 Å². The molecule has 3 aromatic rings. The Morgan fingerprint density at radius 3 is 2.31 bits per heavy atom. The van der Waals surface area contributed by atoms with Crippen LogP contribution in [-0.4, -0.2) is 20.4 Å². The lowest BCUT2D eigenvalue weighted by molar-refractivity contribution is -0.117. The van der Waals surface area contributed by atoms with Crippen LogP contribution in [0.5, 0.6) is 0 Å². The lowest BCUT2D eigenvalue weighted by Gasteiger charge is -2.15. The Hall–Kier alpha value is -2.22. The van der Waals surface area contributed by atoms with Gasteiger partial charge in [-0.25, -0.2) is 8.42 Å². The van der Waals surface area contributed by atoms with Gasteiger partial charge in [-0.05, 0) is 54.1 Å². The Morgan fingerprint density at radius 2 is 1.62 bits per heavy atom. The molecule has 134 valence electrons. The number of sulfonamides is 1. The lowest BCUT2D eigenvalue weighted by Crippen LogP contribution is -2.41. The van der Waals surface area contributed by atoms with Gasteiger partial charge >= 0.3 is 0 Å². The fourth-order valence-corrected chi connectivity index (χ4v) is 3.97. The molecule has 1 amide bonds. The Balaban J connectivity index is 1.74. The van der Waals surface area contributed by atoms with Gasteiger partial charge in [0.2, 0.25) is 15.9 Å². The highest BCUT2D eigenvalue weighted by molar-refractivity contribution is 9.10. The van der Waals surface area contributed by atoms with Gasteiger partial charge in [0.1, 0.15) is 0 Å². The number of nitrogens with one attached hydrogen (secondary N) is 2. The third-order valence-electron chi connectivity index (χ3n) is 3.87. The van der Waals surface area contributed by atoms with Crippen molar-refractivity contribution in [2.75, 3.05) is 5.32 Å². The zero-order valence-corrected chi connectivity index (χ0v) is 16.3. The van der Waals surface area contributed by atoms with Gasteiger partial charge in [0.25, 0.3) is 0 Å². The second-order valence-corrected chi connectivity index (χ2v) is 8.48. The monoisotopic (exact) mass is 432 g/mol. The van der Waals surface area contributed by atoms with Gasteiger partial charge in [-0.15, -0.1) is 0 Å². The zero-order valence-electron chi connectivity index (χ0n) is 13.9. The van der Waals surface area contributed by atoms with E-state index in [2.05, 4.69) is 26.0 Å². The number of halogens is 1. The molecule has 0 fully saturated rings. The molecular formula is C19H17BrN2O3S. The van der Waals surface area contributed by atoms with Crippen LogP contribution in [0.4, 0.5) is 5.69 Å². The molecule has 0 saturated carbocycles. The molecular weight excluding hydrogens is 416 g/mol. The molecule has 26 heavy (non-hydrogen) atoms. The summed E-state index contributed by atoms with van der Waals surface area (Å²) in [5.41, 5.74) is 0.593. The molecule has 0 saturated heterocycles. The smallest absolute Gasteiger partial charge is 0.242 e. The van der Waals surface area contributed by atoms with Crippen LogP contribution in [-0.2, 0) is 14.8 Å². The third-order valence-corrected chi connectivity index (χ3v) is 5.94. The van der Waals surface area contributed by atoms with Crippen LogP contribution >= 0.6 is 15.9 Å². The van der Waals surface area contributed by atoms with Crippen molar-refractivity contribution in [3.05, 3.63) is 71.2 Å². The molecule has 0 aliphatic heterocycles. The van der Waals surface area contributed by atoms with Gasteiger partial charge in [-0.2, -0.15) is 4.72 Å². The molecule has 0 heterocycles. The van der Waals surface area contributed by atoms with Crippen LogP contribution in [0.3, 0.4) is 0 Å². The van der Waals surface area contributed by atoms with Crippen LogP contribution in [0.1, 0.15) is 6.92 Å². The summed E-state index contributed by atoms with van der Waals surface area (Å²) in [7, 11) is -3.81. The van der Waals surface area contributed by atoms with E-state index in [0.29, 0.717) is 5.69 Å². The quantitative estimate of drug-likeness (QED) is 0.641. The van der Waals surface area contributed by atoms with E-state index in [1.54, 1.807) is 36.4 Å². The van der Waals surface area contributed by atoms with Gasteiger partial charge in [0, 0.05) is 10.2 Å². The van der Waals surface area contributed by atoms with Crippen molar-refractivity contribution in [2.24, 2.45) is 0 Å². The molecule has 3 aromatic carbocycles. The molecule has 0 bridgehead atoms. The van der Waals surface area contributed by atoms with E-state index in [9.17, 15) is 13.2 Å². The molecule has 0 aliphatic rings. The Bertz CT molecular complexity index is 1050. The fourth-order valence-electron chi connectivity index (χ4n) is 2.47. The van der Waals surface area contributed by atoms with E-state index in [-0.39, 0.29) is 4.90 Å². The molecule has 3 rings (SSSR count). The summed E-state index contributed by atoms with van der Waals surface area (Å²) < 4.78 is 28.5. The number of anilines is 1. The van der Waals surface area contributed by atoms with E-state index in [4.69, 9.17) is 0 Å². The minimum atomic E-state index is -3.81. The summed E-state index contributed by atoms with van der Waals surface area (Å²) in [6.45, 7) is 1.51. The molecule has 0 aliphatic carbocycles. The van der Waals surface area contributed by atoms with Crippen LogP contribution < -0.4 is 10.0 Å². The summed E-state index contributed by atoms with van der Waals surface area (Å²) in [4.78, 5) is 12.4. The second-order valence-electron chi connectivity index (χ2n) is 5.85. The second kappa shape index (κ2) is 7.57. The van der Waals surface area contributed by atoms with E-state index in [1.165, 1.54) is 13.0 Å². The Morgan fingerprint density at radius 1 is 0.962 bits per heavy atom. The van der Waals surface area contributed by atoms with Crippen molar-refractivity contribution in [3.63, 3.8) is 0 Å². The molecule has 0 unspecified atom stereocenters. The average Bonchev–Trinajstić information content (AvgIpc) is 2.62. The highest BCUT2D eigenvalue weighted by Gasteiger charge is 2.22. The van der Waals surface area contributed by atoms with Gasteiger partial charge in [-0.3, -0.25) is 4.79 Å². The summed E-state index contributed by atoms with van der Waals surface area (Å²) in [5.74, 6) is -0.434. The van der Waals surface area contributed by atoms with Crippen LogP contribution in [0.25, 0.3) is 10.8 Å². The zero-order chi connectivity index (χ0) is 18.7. The summed E-state index contributed by atoms with van der Waals surface area (Å²) in [6, 6.07) is 18.5. The number of rotatable bonds is 5. The van der Waals surface area contributed by atoms with Gasteiger partial charge in [0.05, 0.1) is 10.9 Å². The maximum absolute atomic E-state index is 12.6. The van der Waals surface area contributed by atoms with Gasteiger partial charge in [0.15, 0.2) is 0 Å². The number of fused-ring (bicyclic) bond motifs is 1. The first kappa shape index (κ1) is 18.6. The van der Waals surface area contributed by atoms with Gasteiger partial charge in [-0.1, -0.05) is 46.3 Å². The first-order valence-electron chi connectivity index (χ1n) is 7.93. The highest BCUT2D eigenvalue weighted by atomic mass is 79.9. The topological polar surface area (TPSA) is 75.3 Å². The van der Waals surface area contributed by atoms with Crippen LogP contribution in [0, 0.1) is 0 Å². The number of benzene rings is 3. The summed E-state index contributed by atoms with van der Waals surface area (Å²) in [6.07, 6.45) is 0. The number of carbonyl (C=O) groups is 1. The maximum atomic E-state index is 12.6. The number of carbonyl (C=O) groups excluding carboxylic acids is 1. The molecule has 0 spiro atoms. The standard InChI is InChI=1S/C19H17BrN2O3S/c1-13(19(23)21-17-9-7-16(20)8-10-17)22-26(24,25)18-11-6-14-4-2-3-5-15(14)12-18/h2-13,22H,1H3,(H,21,23)/t13-/m1/s1. The number of hydrogen-bond donors (Lipinski definition) is 2. The number of amides is 1. The SMILES string of the molecule is C[C@@H](NS(=O)(=O)c1ccc2ccccc2c1)C(=O)Nc1ccc(Br)cc1. The lowest BCUT2D eigenvalue weighted by atomic mass is 10.1. The van der Waals surface area contributed by atoms with Gasteiger partial charge < -0.3 is 5.32 Å². The fraction of sp³-hybridized carbons (Fsp3) is 0.105. The first-order valence-corrected chi connectivity index (χ1v) is 10.2. The first-order chi connectivity index (χ1) is 12.3. The predicted octanol–water partition coefficient (Wildman–Crippen LogP) is 3.91. The van der Waals surface area contributed by atoms with Crippen LogP contribution in [0.2, 0.25) is 0 Å². The maximum Gasteiger partial charge on any atom is 0.242 e. The van der Waals surface area contributed by atoms with Crippen molar-refractivity contribution < 1.29 is 13.2 Å². The van der Waals surface area contributed by atoms with Crippen molar-refractivity contribution in [2.45, 2.75) is 17.9 Å². The Kier molecular flexibility index (Phi) is 5.41. The normalized spacial score (nSPS) is 12.7. The van der Waals surface area contributed by atoms with Crippen LogP contribution in [0.15, 0.2) is 76.1 Å². The molecule has 0 aromatic heterocycles. The predicted molar refractivity (Wildman–Crippen MR) is 107 cm³/mol. The van der Waals surface area contributed by atoms with E-state index in [0.717, 1.165) is 15.2 Å². The summed E-state index contributed by atoms with van der Waals surface area (Å²) in [5, 5.41) is 4.46. The largest absolute Gasteiger partial charge is 0.325 e. The summed E-state index contributed by atoms with van der Waals surface area (Å²) >= 11 is 3.32. The minimum absolute atomic E-state index is 0.125. The molecule has 5 nitrogen and oxygen atoms in total. The average molecular weight is 433 g/mol. The van der Waals surface area contributed by atoms with E-state index < -0.39 is 22.0 Å². The highest BCUT2D eigenvalue weighted by Crippen LogP contribution is 2.19. The third kappa shape index (κ3) is 4.30.